The average molecular weight is 280 g/mol. The first-order valence-corrected chi connectivity index (χ1v) is 6.13. The van der Waals surface area contributed by atoms with Gasteiger partial charge in [0.05, 0.1) is 10.6 Å². The first-order valence-electron chi connectivity index (χ1n) is 5.38. The maximum absolute atomic E-state index is 12.3. The van der Waals surface area contributed by atoms with Crippen molar-refractivity contribution in [2.75, 3.05) is 11.9 Å². The van der Waals surface area contributed by atoms with Crippen LogP contribution in [0, 0.1) is 0 Å². The van der Waals surface area contributed by atoms with Crippen molar-refractivity contribution in [2.45, 2.75) is 0 Å². The maximum Gasteiger partial charge on any atom is 0.259 e. The third kappa shape index (κ3) is 2.66. The van der Waals surface area contributed by atoms with Gasteiger partial charge in [0.1, 0.15) is 0 Å². The Morgan fingerprint density at radius 1 is 1.00 bits per heavy atom. The molecule has 0 aliphatic heterocycles. The van der Waals surface area contributed by atoms with Gasteiger partial charge in [-0.05, 0) is 36.4 Å². The molecule has 0 saturated carbocycles. The lowest BCUT2D eigenvalue weighted by atomic mass is 10.2. The molecule has 92 valence electrons. The molecule has 18 heavy (non-hydrogen) atoms. The number of hydrogen-bond acceptors (Lipinski definition) is 1. The first-order chi connectivity index (χ1) is 8.59. The van der Waals surface area contributed by atoms with Crippen molar-refractivity contribution in [3.8, 4) is 0 Å². The van der Waals surface area contributed by atoms with Crippen LogP contribution in [-0.2, 0) is 0 Å². The van der Waals surface area contributed by atoms with Crippen LogP contribution in [0.5, 0.6) is 0 Å². The molecule has 2 nitrogen and oxygen atoms in total. The summed E-state index contributed by atoms with van der Waals surface area (Å²) in [6.07, 6.45) is 0. The third-order valence-corrected chi connectivity index (χ3v) is 3.20. The summed E-state index contributed by atoms with van der Waals surface area (Å²) in [6.45, 7) is 0. The van der Waals surface area contributed by atoms with E-state index in [2.05, 4.69) is 0 Å². The fourth-order valence-corrected chi connectivity index (χ4v) is 1.94. The summed E-state index contributed by atoms with van der Waals surface area (Å²) in [5.41, 5.74) is 1.25. The molecule has 0 unspecified atom stereocenters. The lowest BCUT2D eigenvalue weighted by Crippen LogP contribution is -2.26. The van der Waals surface area contributed by atoms with E-state index < -0.39 is 0 Å². The van der Waals surface area contributed by atoms with Crippen molar-refractivity contribution < 1.29 is 4.79 Å². The summed E-state index contributed by atoms with van der Waals surface area (Å²) in [7, 11) is 1.70. The molecule has 0 spiro atoms. The van der Waals surface area contributed by atoms with Gasteiger partial charge in [0.2, 0.25) is 0 Å². The lowest BCUT2D eigenvalue weighted by molar-refractivity contribution is 0.0993. The highest BCUT2D eigenvalue weighted by atomic mass is 35.5. The third-order valence-electron chi connectivity index (χ3n) is 2.62. The standard InChI is InChI=1S/C14H11Cl2NO/c1-17(11-8-6-10(15)7-9-11)14(18)12-4-2-3-5-13(12)16/h2-9H,1H3. The van der Waals surface area contributed by atoms with E-state index in [1.807, 2.05) is 0 Å². The molecule has 0 aliphatic carbocycles. The molecule has 0 N–H and O–H groups in total. The van der Waals surface area contributed by atoms with Crippen LogP contribution in [0.25, 0.3) is 0 Å². The molecule has 1 amide bonds. The monoisotopic (exact) mass is 279 g/mol. The van der Waals surface area contributed by atoms with Crippen molar-refractivity contribution in [3.05, 3.63) is 64.1 Å². The van der Waals surface area contributed by atoms with Crippen molar-refractivity contribution in [3.63, 3.8) is 0 Å². The van der Waals surface area contributed by atoms with Gasteiger partial charge in [-0.15, -0.1) is 0 Å². The molecular formula is C14H11Cl2NO. The topological polar surface area (TPSA) is 20.3 Å². The summed E-state index contributed by atoms with van der Waals surface area (Å²) in [5, 5.41) is 1.08. The van der Waals surface area contributed by atoms with Crippen molar-refractivity contribution in [2.24, 2.45) is 0 Å². The fourth-order valence-electron chi connectivity index (χ4n) is 1.60. The molecule has 0 heterocycles. The average Bonchev–Trinajstić information content (AvgIpc) is 2.38. The zero-order valence-electron chi connectivity index (χ0n) is 9.73. The number of hydrogen-bond donors (Lipinski definition) is 0. The number of rotatable bonds is 2. The molecule has 0 aliphatic rings. The van der Waals surface area contributed by atoms with E-state index in [0.717, 1.165) is 5.69 Å². The Balaban J connectivity index is 2.29. The van der Waals surface area contributed by atoms with Gasteiger partial charge >= 0.3 is 0 Å². The quantitative estimate of drug-likeness (QED) is 0.804. The van der Waals surface area contributed by atoms with Gasteiger partial charge in [-0.1, -0.05) is 35.3 Å². The van der Waals surface area contributed by atoms with Gasteiger partial charge in [-0.2, -0.15) is 0 Å². The van der Waals surface area contributed by atoms with Gasteiger partial charge in [-0.3, -0.25) is 4.79 Å². The molecule has 4 heteroatoms. The first kappa shape index (κ1) is 12.9. The Bertz CT molecular complexity index is 566. The number of anilines is 1. The van der Waals surface area contributed by atoms with Crippen LogP contribution < -0.4 is 4.90 Å². The lowest BCUT2D eigenvalue weighted by Gasteiger charge is -2.18. The van der Waals surface area contributed by atoms with Crippen LogP contribution in [0.1, 0.15) is 10.4 Å². The second-order valence-electron chi connectivity index (χ2n) is 3.82. The van der Waals surface area contributed by atoms with Gasteiger partial charge < -0.3 is 4.90 Å². The highest BCUT2D eigenvalue weighted by Gasteiger charge is 2.15. The maximum atomic E-state index is 12.3. The Morgan fingerprint density at radius 3 is 2.22 bits per heavy atom. The Hall–Kier alpha value is -1.51. The molecule has 0 aromatic heterocycles. The van der Waals surface area contributed by atoms with Gasteiger partial charge in [-0.25, -0.2) is 0 Å². The second-order valence-corrected chi connectivity index (χ2v) is 4.66. The zero-order valence-corrected chi connectivity index (χ0v) is 11.2. The second kappa shape index (κ2) is 5.42. The highest BCUT2D eigenvalue weighted by Crippen LogP contribution is 2.21. The van der Waals surface area contributed by atoms with E-state index in [0.29, 0.717) is 15.6 Å². The van der Waals surface area contributed by atoms with Crippen molar-refractivity contribution >= 4 is 34.8 Å². The largest absolute Gasteiger partial charge is 0.311 e. The highest BCUT2D eigenvalue weighted by molar-refractivity contribution is 6.34. The van der Waals surface area contributed by atoms with Crippen LogP contribution in [0.4, 0.5) is 5.69 Å². The number of halogens is 2. The molecule has 0 radical (unpaired) electrons. The van der Waals surface area contributed by atoms with E-state index in [9.17, 15) is 4.79 Å². The van der Waals surface area contributed by atoms with Gasteiger partial charge in [0, 0.05) is 17.8 Å². The van der Waals surface area contributed by atoms with E-state index in [1.165, 1.54) is 4.90 Å². The van der Waals surface area contributed by atoms with Gasteiger partial charge in [0.15, 0.2) is 0 Å². The van der Waals surface area contributed by atoms with Crippen LogP contribution >= 0.6 is 23.2 Å². The van der Waals surface area contributed by atoms with Crippen LogP contribution in [0.15, 0.2) is 48.5 Å². The number of nitrogens with zero attached hydrogens (tertiary/aromatic N) is 1. The summed E-state index contributed by atoms with van der Waals surface area (Å²) < 4.78 is 0. The molecule has 2 rings (SSSR count). The minimum absolute atomic E-state index is 0.150. The van der Waals surface area contributed by atoms with Crippen LogP contribution in [-0.4, -0.2) is 13.0 Å². The van der Waals surface area contributed by atoms with Crippen LogP contribution in [0.2, 0.25) is 10.0 Å². The normalized spacial score (nSPS) is 10.2. The van der Waals surface area contributed by atoms with Gasteiger partial charge in [0.25, 0.3) is 5.91 Å². The smallest absolute Gasteiger partial charge is 0.259 e. The molecule has 0 atom stereocenters. The molecular weight excluding hydrogens is 269 g/mol. The van der Waals surface area contributed by atoms with E-state index >= 15 is 0 Å². The predicted octanol–water partition coefficient (Wildman–Crippen LogP) is 4.27. The van der Waals surface area contributed by atoms with E-state index in [4.69, 9.17) is 23.2 Å². The number of benzene rings is 2. The van der Waals surface area contributed by atoms with Crippen LogP contribution in [0.3, 0.4) is 0 Å². The van der Waals surface area contributed by atoms with Crippen molar-refractivity contribution in [1.82, 2.24) is 0 Å². The SMILES string of the molecule is CN(C(=O)c1ccccc1Cl)c1ccc(Cl)cc1. The molecule has 2 aromatic rings. The van der Waals surface area contributed by atoms with E-state index in [1.54, 1.807) is 55.6 Å². The molecule has 2 aromatic carbocycles. The Morgan fingerprint density at radius 2 is 1.61 bits per heavy atom. The minimum atomic E-state index is -0.150. The minimum Gasteiger partial charge on any atom is -0.311 e. The van der Waals surface area contributed by atoms with Crippen molar-refractivity contribution in [1.29, 1.82) is 0 Å². The summed E-state index contributed by atoms with van der Waals surface area (Å²) in [5.74, 6) is -0.150. The zero-order chi connectivity index (χ0) is 13.1. The summed E-state index contributed by atoms with van der Waals surface area (Å²) >= 11 is 11.8. The Kier molecular flexibility index (Phi) is 3.90. The number of amides is 1. The summed E-state index contributed by atoms with van der Waals surface area (Å²) in [6, 6.07) is 14.0. The number of carbonyl (C=O) groups is 1. The molecule has 0 saturated heterocycles. The predicted molar refractivity (Wildman–Crippen MR) is 75.6 cm³/mol. The number of carbonyl (C=O) groups excluding carboxylic acids is 1. The van der Waals surface area contributed by atoms with E-state index in [-0.39, 0.29) is 5.91 Å². The fraction of sp³-hybridized carbons (Fsp3) is 0.0714. The summed E-state index contributed by atoms with van der Waals surface area (Å²) in [4.78, 5) is 13.8. The molecule has 0 bridgehead atoms. The Labute approximate surface area is 116 Å². The molecule has 0 fully saturated rings.